The van der Waals surface area contributed by atoms with Crippen molar-refractivity contribution in [2.75, 3.05) is 18.9 Å². The number of aromatic nitrogens is 4. The van der Waals surface area contributed by atoms with Gasteiger partial charge in [0, 0.05) is 6.61 Å². The number of fused-ring (bicyclic) bond motifs is 1. The van der Waals surface area contributed by atoms with Crippen molar-refractivity contribution in [2.24, 2.45) is 0 Å². The molecule has 0 saturated carbocycles. The molecule has 2 aromatic heterocycles. The molecule has 1 saturated heterocycles. The molecule has 1 aliphatic heterocycles. The minimum absolute atomic E-state index is 0.222. The highest BCUT2D eigenvalue weighted by molar-refractivity contribution is 7.32. The molecule has 1 fully saturated rings. The van der Waals surface area contributed by atoms with Crippen LogP contribution in [0.15, 0.2) is 12.7 Å². The van der Waals surface area contributed by atoms with Gasteiger partial charge in [-0.15, -0.1) is 0 Å². The van der Waals surface area contributed by atoms with Crippen LogP contribution in [0.2, 0.25) is 0 Å². The molecule has 5 unspecified atom stereocenters. The van der Waals surface area contributed by atoms with Crippen molar-refractivity contribution in [3.63, 3.8) is 0 Å². The molecule has 3 rings (SSSR count). The summed E-state index contributed by atoms with van der Waals surface area (Å²) in [5.74, 6) is 0.222. The Labute approximate surface area is 143 Å². The van der Waals surface area contributed by atoms with Crippen molar-refractivity contribution in [2.45, 2.75) is 37.9 Å². The lowest BCUT2D eigenvalue weighted by atomic mass is 10.1. The highest BCUT2D eigenvalue weighted by atomic mass is 31.1. The molecule has 0 radical (unpaired) electrons. The summed E-state index contributed by atoms with van der Waals surface area (Å²) < 4.78 is 29.5. The molecule has 3 heterocycles. The molecule has 12 heteroatoms. The van der Waals surface area contributed by atoms with Gasteiger partial charge < -0.3 is 29.7 Å². The van der Waals surface area contributed by atoms with Crippen LogP contribution in [0.5, 0.6) is 0 Å². The lowest BCUT2D eigenvalue weighted by Gasteiger charge is -2.23. The van der Waals surface area contributed by atoms with E-state index in [2.05, 4.69) is 15.0 Å². The molecule has 138 valence electrons. The van der Waals surface area contributed by atoms with Gasteiger partial charge in [0.25, 0.3) is 0 Å². The van der Waals surface area contributed by atoms with Crippen LogP contribution in [0.4, 0.5) is 5.82 Å². The van der Waals surface area contributed by atoms with Gasteiger partial charge in [-0.1, -0.05) is 6.92 Å². The summed E-state index contributed by atoms with van der Waals surface area (Å²) >= 11 is 0. The van der Waals surface area contributed by atoms with E-state index in [-0.39, 0.29) is 5.82 Å². The van der Waals surface area contributed by atoms with Crippen molar-refractivity contribution in [1.82, 2.24) is 19.5 Å². The first-order valence-electron chi connectivity index (χ1n) is 7.77. The molecular formula is C13H20N5O6P. The van der Waals surface area contributed by atoms with Crippen LogP contribution in [0.1, 0.15) is 19.6 Å². The van der Waals surface area contributed by atoms with E-state index >= 15 is 0 Å². The van der Waals surface area contributed by atoms with E-state index in [1.807, 2.05) is 6.92 Å². The second kappa shape index (κ2) is 7.73. The Bertz CT molecular complexity index is 758. The zero-order chi connectivity index (χ0) is 18.0. The van der Waals surface area contributed by atoms with E-state index in [1.165, 1.54) is 12.7 Å². The fraction of sp³-hybridized carbons (Fsp3) is 0.615. The van der Waals surface area contributed by atoms with Crippen LogP contribution in [-0.2, 0) is 18.6 Å². The third kappa shape index (κ3) is 3.52. The number of nitrogen functional groups attached to an aromatic ring is 1. The molecule has 5 atom stereocenters. The number of hydrogen-bond donors (Lipinski definition) is 3. The number of rotatable bonds is 7. The van der Waals surface area contributed by atoms with E-state index in [0.29, 0.717) is 17.8 Å². The Morgan fingerprint density at radius 1 is 1.40 bits per heavy atom. The average Bonchev–Trinajstić information content (AvgIpc) is 3.15. The van der Waals surface area contributed by atoms with Crippen molar-refractivity contribution >= 4 is 25.2 Å². The number of aliphatic hydroxyl groups is 1. The zero-order valence-corrected chi connectivity index (χ0v) is 14.5. The first kappa shape index (κ1) is 18.2. The van der Waals surface area contributed by atoms with Gasteiger partial charge in [0.1, 0.15) is 30.2 Å². The Morgan fingerprint density at radius 2 is 2.20 bits per heavy atom. The van der Waals surface area contributed by atoms with Crippen molar-refractivity contribution in [3.05, 3.63) is 12.7 Å². The molecule has 4 N–H and O–H groups in total. The van der Waals surface area contributed by atoms with Gasteiger partial charge in [-0.3, -0.25) is 9.13 Å². The quantitative estimate of drug-likeness (QED) is 0.558. The van der Waals surface area contributed by atoms with Crippen LogP contribution < -0.4 is 5.73 Å². The minimum atomic E-state index is -3.25. The maximum absolute atomic E-state index is 11.2. The molecule has 0 aliphatic carbocycles. The number of aliphatic hydroxyl groups excluding tert-OH is 1. The second-order valence-electron chi connectivity index (χ2n) is 5.51. The van der Waals surface area contributed by atoms with Gasteiger partial charge in [-0.25, -0.2) is 15.0 Å². The number of nitrogens with two attached hydrogens (primary N) is 1. The molecule has 2 aromatic rings. The summed E-state index contributed by atoms with van der Waals surface area (Å²) in [5.41, 5.74) is 6.63. The van der Waals surface area contributed by atoms with Crippen LogP contribution >= 0.6 is 8.25 Å². The first-order valence-corrected chi connectivity index (χ1v) is 9.03. The summed E-state index contributed by atoms with van der Waals surface area (Å²) in [5, 5.41) is 9.56. The molecule has 1 aliphatic rings. The van der Waals surface area contributed by atoms with Gasteiger partial charge in [0.2, 0.25) is 0 Å². The largest absolute Gasteiger partial charge is 0.394 e. The normalized spacial score (nSPS) is 27.8. The minimum Gasteiger partial charge on any atom is -0.394 e. The number of hydrogen-bond acceptors (Lipinski definition) is 9. The summed E-state index contributed by atoms with van der Waals surface area (Å²) in [6.45, 7) is 1.92. The predicted molar refractivity (Wildman–Crippen MR) is 86.9 cm³/mol. The molecule has 11 nitrogen and oxygen atoms in total. The number of anilines is 1. The summed E-state index contributed by atoms with van der Waals surface area (Å²) in [6, 6.07) is 0. The Hall–Kier alpha value is -1.62. The van der Waals surface area contributed by atoms with Gasteiger partial charge in [-0.05, 0) is 6.42 Å². The van der Waals surface area contributed by atoms with E-state index in [1.54, 1.807) is 4.57 Å². The van der Waals surface area contributed by atoms with Crippen LogP contribution in [0.25, 0.3) is 11.2 Å². The maximum Gasteiger partial charge on any atom is 0.317 e. The van der Waals surface area contributed by atoms with Crippen molar-refractivity contribution in [1.29, 1.82) is 0 Å². The molecule has 0 aromatic carbocycles. The van der Waals surface area contributed by atoms with Gasteiger partial charge in [-0.2, -0.15) is 0 Å². The first-order chi connectivity index (χ1) is 12.1. The van der Waals surface area contributed by atoms with E-state index in [4.69, 9.17) is 24.6 Å². The molecule has 0 spiro atoms. The Balaban J connectivity index is 1.99. The smallest absolute Gasteiger partial charge is 0.317 e. The topological polar surface area (TPSA) is 155 Å². The summed E-state index contributed by atoms with van der Waals surface area (Å²) in [6.07, 6.45) is 0.284. The zero-order valence-electron chi connectivity index (χ0n) is 13.5. The predicted octanol–water partition coefficient (Wildman–Crippen LogP) is -0.139. The molecule has 0 amide bonds. The standard InChI is InChI=1S/C13H20N5O6P/c1-2-3-22-10-9(24-25(20)21)7(4-19)23-13(10)18-6-17-8-11(14)15-5-16-12(8)18/h5-7,9-10,13,19,25H,2-4H2,1H3,(H,20,21)(H2,14,15,16). The highest BCUT2D eigenvalue weighted by Gasteiger charge is 2.48. The van der Waals surface area contributed by atoms with E-state index in [9.17, 15) is 9.67 Å². The lowest BCUT2D eigenvalue weighted by molar-refractivity contribution is -0.0698. The third-order valence-electron chi connectivity index (χ3n) is 3.88. The fourth-order valence-corrected chi connectivity index (χ4v) is 3.34. The van der Waals surface area contributed by atoms with Crippen LogP contribution in [0, 0.1) is 0 Å². The second-order valence-corrected chi connectivity index (χ2v) is 6.28. The van der Waals surface area contributed by atoms with Gasteiger partial charge in [0.15, 0.2) is 17.7 Å². The third-order valence-corrected chi connectivity index (χ3v) is 4.35. The average molecular weight is 373 g/mol. The van der Waals surface area contributed by atoms with E-state index < -0.39 is 39.4 Å². The molecular weight excluding hydrogens is 353 g/mol. The van der Waals surface area contributed by atoms with Gasteiger partial charge >= 0.3 is 8.25 Å². The molecule has 0 bridgehead atoms. The SMILES string of the molecule is CCCOC1C(O[PH](=O)O)C(CO)OC1n1cnc2c(N)ncnc21. The Morgan fingerprint density at radius 3 is 2.88 bits per heavy atom. The fourth-order valence-electron chi connectivity index (χ4n) is 2.83. The summed E-state index contributed by atoms with van der Waals surface area (Å²) in [7, 11) is -3.25. The molecule has 25 heavy (non-hydrogen) atoms. The van der Waals surface area contributed by atoms with Crippen LogP contribution in [0.3, 0.4) is 0 Å². The Kier molecular flexibility index (Phi) is 5.62. The van der Waals surface area contributed by atoms with E-state index in [0.717, 1.165) is 6.42 Å². The number of nitrogens with zero attached hydrogens (tertiary/aromatic N) is 4. The number of ether oxygens (including phenoxy) is 2. The highest BCUT2D eigenvalue weighted by Crippen LogP contribution is 2.38. The van der Waals surface area contributed by atoms with Crippen LogP contribution in [-0.4, -0.2) is 61.0 Å². The van der Waals surface area contributed by atoms with Crippen molar-refractivity contribution in [3.8, 4) is 0 Å². The lowest BCUT2D eigenvalue weighted by Crippen LogP contribution is -2.36. The maximum atomic E-state index is 11.2. The van der Waals surface area contributed by atoms with Gasteiger partial charge in [0.05, 0.1) is 12.9 Å². The monoisotopic (exact) mass is 373 g/mol. The van der Waals surface area contributed by atoms with Crippen molar-refractivity contribution < 1.29 is 28.6 Å². The summed E-state index contributed by atoms with van der Waals surface area (Å²) in [4.78, 5) is 21.4. The number of imidazole rings is 1.